The zero-order valence-corrected chi connectivity index (χ0v) is 10.2. The number of hydrogen-bond donors (Lipinski definition) is 1. The average molecular weight is 265 g/mol. The van der Waals surface area contributed by atoms with Crippen LogP contribution in [0.15, 0.2) is 6.20 Å². The van der Waals surface area contributed by atoms with Crippen LogP contribution in [0.2, 0.25) is 0 Å². The zero-order chi connectivity index (χ0) is 14.1. The Kier molecular flexibility index (Phi) is 3.59. The largest absolute Gasteiger partial charge is 0.455 e. The molecule has 0 atom stereocenters. The summed E-state index contributed by atoms with van der Waals surface area (Å²) < 4.78 is 41.9. The summed E-state index contributed by atoms with van der Waals surface area (Å²) in [4.78, 5) is 11.6. The molecule has 1 rings (SSSR count). The summed E-state index contributed by atoms with van der Waals surface area (Å²) in [6, 6.07) is 0. The zero-order valence-electron chi connectivity index (χ0n) is 10.2. The number of carbonyl (C=O) groups is 1. The number of nitrogen functional groups attached to an aromatic ring is 1. The second-order valence-corrected chi connectivity index (χ2v) is 4.75. The van der Waals surface area contributed by atoms with Crippen molar-refractivity contribution in [2.45, 2.75) is 39.1 Å². The Morgan fingerprint density at radius 2 is 2.00 bits per heavy atom. The quantitative estimate of drug-likeness (QED) is 0.830. The highest BCUT2D eigenvalue weighted by atomic mass is 19.4. The monoisotopic (exact) mass is 265 g/mol. The van der Waals surface area contributed by atoms with Gasteiger partial charge in [-0.25, -0.2) is 4.79 Å². The van der Waals surface area contributed by atoms with Crippen LogP contribution in [0.1, 0.15) is 31.3 Å². The molecule has 0 aliphatic carbocycles. The summed E-state index contributed by atoms with van der Waals surface area (Å²) in [6.45, 7) is 3.59. The highest BCUT2D eigenvalue weighted by Gasteiger charge is 2.30. The van der Waals surface area contributed by atoms with Gasteiger partial charge < -0.3 is 10.5 Å². The molecule has 1 aromatic rings. The standard InChI is InChI=1S/C10H14F3N3O2/c1-9(2,3)18-8(17)7-6(14)4-16(15-7)5-10(11,12)13/h4H,5,14H2,1-3H3. The summed E-state index contributed by atoms with van der Waals surface area (Å²) in [5.41, 5.74) is 4.21. The van der Waals surface area contributed by atoms with Crippen LogP contribution in [0.5, 0.6) is 0 Å². The molecule has 2 N–H and O–H groups in total. The maximum atomic E-state index is 12.1. The van der Waals surface area contributed by atoms with Crippen LogP contribution in [0.25, 0.3) is 0 Å². The third kappa shape index (κ3) is 4.27. The van der Waals surface area contributed by atoms with Crippen LogP contribution in [-0.4, -0.2) is 27.5 Å². The fourth-order valence-electron chi connectivity index (χ4n) is 1.19. The molecule has 8 heteroatoms. The van der Waals surface area contributed by atoms with Gasteiger partial charge in [0.2, 0.25) is 0 Å². The molecule has 0 radical (unpaired) electrons. The molecule has 0 aliphatic heterocycles. The molecule has 0 aromatic carbocycles. The van der Waals surface area contributed by atoms with Crippen molar-refractivity contribution in [1.29, 1.82) is 0 Å². The molecule has 102 valence electrons. The summed E-state index contributed by atoms with van der Waals surface area (Å²) >= 11 is 0. The lowest BCUT2D eigenvalue weighted by Crippen LogP contribution is -2.25. The molecule has 0 saturated heterocycles. The molecular formula is C10H14F3N3O2. The molecule has 1 heterocycles. The van der Waals surface area contributed by atoms with Crippen molar-refractivity contribution in [2.75, 3.05) is 5.73 Å². The Balaban J connectivity index is 2.88. The van der Waals surface area contributed by atoms with E-state index >= 15 is 0 Å². The number of alkyl halides is 3. The van der Waals surface area contributed by atoms with Crippen LogP contribution in [-0.2, 0) is 11.3 Å². The van der Waals surface area contributed by atoms with Crippen LogP contribution < -0.4 is 5.73 Å². The molecule has 0 saturated carbocycles. The van der Waals surface area contributed by atoms with E-state index in [1.54, 1.807) is 20.8 Å². The molecule has 18 heavy (non-hydrogen) atoms. The van der Waals surface area contributed by atoms with E-state index in [9.17, 15) is 18.0 Å². The van der Waals surface area contributed by atoms with Gasteiger partial charge >= 0.3 is 12.1 Å². The van der Waals surface area contributed by atoms with E-state index in [0.29, 0.717) is 4.68 Å². The molecule has 0 bridgehead atoms. The van der Waals surface area contributed by atoms with E-state index in [0.717, 1.165) is 6.20 Å². The van der Waals surface area contributed by atoms with E-state index < -0.39 is 24.3 Å². The molecule has 0 unspecified atom stereocenters. The van der Waals surface area contributed by atoms with Crippen molar-refractivity contribution in [3.05, 3.63) is 11.9 Å². The predicted octanol–water partition coefficient (Wildman–Crippen LogP) is 1.98. The third-order valence-corrected chi connectivity index (χ3v) is 1.72. The van der Waals surface area contributed by atoms with Crippen molar-refractivity contribution in [1.82, 2.24) is 9.78 Å². The number of carbonyl (C=O) groups excluding carboxylic acids is 1. The first kappa shape index (κ1) is 14.3. The molecular weight excluding hydrogens is 251 g/mol. The number of halogens is 3. The van der Waals surface area contributed by atoms with Gasteiger partial charge in [0, 0.05) is 6.20 Å². The minimum absolute atomic E-state index is 0.145. The van der Waals surface area contributed by atoms with Gasteiger partial charge in [0.15, 0.2) is 5.69 Å². The highest BCUT2D eigenvalue weighted by molar-refractivity contribution is 5.92. The van der Waals surface area contributed by atoms with Crippen LogP contribution in [0.4, 0.5) is 18.9 Å². The van der Waals surface area contributed by atoms with Crippen molar-refractivity contribution in [2.24, 2.45) is 0 Å². The van der Waals surface area contributed by atoms with Gasteiger partial charge in [-0.3, -0.25) is 4.68 Å². The van der Waals surface area contributed by atoms with E-state index in [2.05, 4.69) is 5.10 Å². The fourth-order valence-corrected chi connectivity index (χ4v) is 1.19. The highest BCUT2D eigenvalue weighted by Crippen LogP contribution is 2.20. The molecule has 5 nitrogen and oxygen atoms in total. The van der Waals surface area contributed by atoms with Crippen molar-refractivity contribution in [3.8, 4) is 0 Å². The number of rotatable bonds is 2. The minimum atomic E-state index is -4.43. The van der Waals surface area contributed by atoms with Crippen LogP contribution >= 0.6 is 0 Å². The van der Waals surface area contributed by atoms with Gasteiger partial charge in [0.05, 0.1) is 5.69 Å². The number of hydrogen-bond acceptors (Lipinski definition) is 4. The maximum Gasteiger partial charge on any atom is 0.408 e. The minimum Gasteiger partial charge on any atom is -0.455 e. The summed E-state index contributed by atoms with van der Waals surface area (Å²) in [5, 5.41) is 3.48. The third-order valence-electron chi connectivity index (χ3n) is 1.72. The molecule has 0 fully saturated rings. The van der Waals surface area contributed by atoms with Gasteiger partial charge in [0.1, 0.15) is 12.1 Å². The van der Waals surface area contributed by atoms with Gasteiger partial charge in [-0.1, -0.05) is 0 Å². The summed E-state index contributed by atoms with van der Waals surface area (Å²) in [6.07, 6.45) is -3.48. The first-order chi connectivity index (χ1) is 7.98. The first-order valence-electron chi connectivity index (χ1n) is 5.11. The second-order valence-electron chi connectivity index (χ2n) is 4.75. The van der Waals surface area contributed by atoms with E-state index in [1.807, 2.05) is 0 Å². The second kappa shape index (κ2) is 4.51. The fraction of sp³-hybridized carbons (Fsp3) is 0.600. The average Bonchev–Trinajstić information content (AvgIpc) is 2.39. The first-order valence-corrected chi connectivity index (χ1v) is 5.11. The van der Waals surface area contributed by atoms with E-state index in [1.165, 1.54) is 0 Å². The molecule has 0 amide bonds. The number of ether oxygens (including phenoxy) is 1. The number of aromatic nitrogens is 2. The number of nitrogens with two attached hydrogens (primary N) is 1. The van der Waals surface area contributed by atoms with E-state index in [4.69, 9.17) is 10.5 Å². The molecule has 1 aromatic heterocycles. The lowest BCUT2D eigenvalue weighted by Gasteiger charge is -2.18. The Morgan fingerprint density at radius 3 is 2.44 bits per heavy atom. The predicted molar refractivity (Wildman–Crippen MR) is 57.9 cm³/mol. The maximum absolute atomic E-state index is 12.1. The number of nitrogens with zero attached hydrogens (tertiary/aromatic N) is 2. The normalized spacial score (nSPS) is 12.6. The number of anilines is 1. The number of esters is 1. The van der Waals surface area contributed by atoms with Gasteiger partial charge in [-0.2, -0.15) is 18.3 Å². The van der Waals surface area contributed by atoms with Crippen LogP contribution in [0.3, 0.4) is 0 Å². The summed E-state index contributed by atoms with van der Waals surface area (Å²) in [7, 11) is 0. The Bertz CT molecular complexity index is 446. The van der Waals surface area contributed by atoms with E-state index in [-0.39, 0.29) is 11.4 Å². The van der Waals surface area contributed by atoms with Crippen molar-refractivity contribution < 1.29 is 22.7 Å². The smallest absolute Gasteiger partial charge is 0.408 e. The SMILES string of the molecule is CC(C)(C)OC(=O)c1nn(CC(F)(F)F)cc1N. The van der Waals surface area contributed by atoms with Gasteiger partial charge in [-0.15, -0.1) is 0 Å². The van der Waals surface area contributed by atoms with Gasteiger partial charge in [0.25, 0.3) is 0 Å². The topological polar surface area (TPSA) is 70.1 Å². The van der Waals surface area contributed by atoms with Crippen molar-refractivity contribution in [3.63, 3.8) is 0 Å². The lowest BCUT2D eigenvalue weighted by molar-refractivity contribution is -0.142. The molecule has 0 aliphatic rings. The van der Waals surface area contributed by atoms with Crippen LogP contribution in [0, 0.1) is 0 Å². The lowest BCUT2D eigenvalue weighted by atomic mass is 10.2. The summed E-state index contributed by atoms with van der Waals surface area (Å²) in [5.74, 6) is -0.846. The van der Waals surface area contributed by atoms with Gasteiger partial charge in [-0.05, 0) is 20.8 Å². The molecule has 0 spiro atoms. The Labute approximate surface area is 102 Å². The Hall–Kier alpha value is -1.73. The Morgan fingerprint density at radius 1 is 1.44 bits per heavy atom. The van der Waals surface area contributed by atoms with Crippen molar-refractivity contribution >= 4 is 11.7 Å².